The van der Waals surface area contributed by atoms with Gasteiger partial charge in [-0.3, -0.25) is 0 Å². The minimum Gasteiger partial charge on any atom is -0.403 e. The Balaban J connectivity index is 2.07. The second-order valence-electron chi connectivity index (χ2n) is 8.28. The minimum absolute atomic E-state index is 0.0895. The lowest BCUT2D eigenvalue weighted by molar-refractivity contribution is -0.129. The van der Waals surface area contributed by atoms with Gasteiger partial charge in [-0.25, -0.2) is 17.9 Å². The molecule has 0 bridgehead atoms. The predicted molar refractivity (Wildman–Crippen MR) is 120 cm³/mol. The van der Waals surface area contributed by atoms with Crippen LogP contribution in [0.25, 0.3) is 6.08 Å². The van der Waals surface area contributed by atoms with Crippen LogP contribution in [0, 0.1) is 13.8 Å². The summed E-state index contributed by atoms with van der Waals surface area (Å²) in [7, 11) is -3.95. The van der Waals surface area contributed by atoms with Crippen LogP contribution in [0.1, 0.15) is 37.6 Å². The smallest absolute Gasteiger partial charge is 0.337 e. The number of aryl methyl sites for hydroxylation is 2. The Morgan fingerprint density at radius 1 is 1.00 bits per heavy atom. The van der Waals surface area contributed by atoms with Gasteiger partial charge in [-0.1, -0.05) is 48.0 Å². The molecule has 7 heteroatoms. The van der Waals surface area contributed by atoms with Gasteiger partial charge >= 0.3 is 5.97 Å². The van der Waals surface area contributed by atoms with Gasteiger partial charge in [-0.2, -0.15) is 5.10 Å². The van der Waals surface area contributed by atoms with Crippen LogP contribution in [-0.4, -0.2) is 24.2 Å². The number of rotatable bonds is 5. The van der Waals surface area contributed by atoms with Crippen molar-refractivity contribution in [2.75, 3.05) is 0 Å². The zero-order chi connectivity index (χ0) is 22.8. The number of hydrogen-bond donors (Lipinski definition) is 0. The van der Waals surface area contributed by atoms with Crippen molar-refractivity contribution in [1.29, 1.82) is 0 Å². The van der Waals surface area contributed by atoms with E-state index < -0.39 is 21.3 Å². The van der Waals surface area contributed by atoms with Crippen LogP contribution in [0.5, 0.6) is 5.88 Å². The second-order valence-corrected chi connectivity index (χ2v) is 10.2. The molecule has 0 saturated carbocycles. The van der Waals surface area contributed by atoms with Gasteiger partial charge in [0.25, 0.3) is 0 Å². The highest BCUT2D eigenvalue weighted by Gasteiger charge is 2.34. The van der Waals surface area contributed by atoms with Crippen molar-refractivity contribution in [3.8, 4) is 5.88 Å². The van der Waals surface area contributed by atoms with Crippen LogP contribution >= 0.6 is 0 Å². The van der Waals surface area contributed by atoms with E-state index in [9.17, 15) is 13.2 Å². The molecule has 0 aliphatic rings. The molecule has 31 heavy (non-hydrogen) atoms. The maximum absolute atomic E-state index is 13.4. The lowest BCUT2D eigenvalue weighted by atomic mass is 10.1. The lowest BCUT2D eigenvalue weighted by Crippen LogP contribution is -2.25. The van der Waals surface area contributed by atoms with E-state index in [2.05, 4.69) is 5.10 Å². The van der Waals surface area contributed by atoms with Gasteiger partial charge in [0.05, 0.1) is 16.1 Å². The third-order valence-electron chi connectivity index (χ3n) is 4.61. The highest BCUT2D eigenvalue weighted by Crippen LogP contribution is 2.36. The van der Waals surface area contributed by atoms with Gasteiger partial charge in [-0.15, -0.1) is 0 Å². The van der Waals surface area contributed by atoms with Crippen molar-refractivity contribution >= 4 is 21.9 Å². The molecular formula is C24H26N2O4S. The Morgan fingerprint density at radius 2 is 1.61 bits per heavy atom. The first-order chi connectivity index (χ1) is 14.5. The normalized spacial score (nSPS) is 12.3. The van der Waals surface area contributed by atoms with Gasteiger partial charge in [0.2, 0.25) is 15.7 Å². The molecule has 162 valence electrons. The average molecular weight is 439 g/mol. The Morgan fingerprint density at radius 3 is 2.19 bits per heavy atom. The molecule has 0 atom stereocenters. The van der Waals surface area contributed by atoms with Gasteiger partial charge in [0.1, 0.15) is 0 Å². The van der Waals surface area contributed by atoms with Crippen LogP contribution in [0.2, 0.25) is 0 Å². The number of sulfone groups is 1. The molecule has 1 heterocycles. The van der Waals surface area contributed by atoms with Crippen LogP contribution in [-0.2, 0) is 20.2 Å². The van der Waals surface area contributed by atoms with Crippen molar-refractivity contribution in [2.45, 2.75) is 49.9 Å². The third-order valence-corrected chi connectivity index (χ3v) is 6.51. The zero-order valence-electron chi connectivity index (χ0n) is 18.3. The number of hydrogen-bond acceptors (Lipinski definition) is 5. The number of esters is 1. The molecule has 0 unspecified atom stereocenters. The minimum atomic E-state index is -3.95. The van der Waals surface area contributed by atoms with Gasteiger partial charge in [-0.05, 0) is 58.4 Å². The molecular weight excluding hydrogens is 412 g/mol. The third kappa shape index (κ3) is 4.94. The standard InChI is InChI=1S/C24H26N2O4S/c1-17-11-14-20(15-12-17)31(28,29)22-18(2)25-26(24(3,4)5)23(22)30-21(27)16-13-19-9-7-6-8-10-19/h6-16H,1-5H3/b16-13+. The summed E-state index contributed by atoms with van der Waals surface area (Å²) in [6, 6.07) is 15.8. The quantitative estimate of drug-likeness (QED) is 0.426. The fourth-order valence-corrected chi connectivity index (χ4v) is 4.56. The van der Waals surface area contributed by atoms with Crippen molar-refractivity contribution in [3.63, 3.8) is 0 Å². The molecule has 0 aliphatic heterocycles. The molecule has 0 fully saturated rings. The highest BCUT2D eigenvalue weighted by molar-refractivity contribution is 7.91. The first kappa shape index (κ1) is 22.5. The Kier molecular flexibility index (Phi) is 6.18. The first-order valence-electron chi connectivity index (χ1n) is 9.87. The summed E-state index contributed by atoms with van der Waals surface area (Å²) in [6.07, 6.45) is 2.88. The second kappa shape index (κ2) is 8.51. The summed E-state index contributed by atoms with van der Waals surface area (Å²) in [5.41, 5.74) is 1.43. The van der Waals surface area contributed by atoms with Crippen molar-refractivity contribution < 1.29 is 17.9 Å². The molecule has 0 spiro atoms. The number of carbonyl (C=O) groups excluding carboxylic acids is 1. The summed E-state index contributed by atoms with van der Waals surface area (Å²) in [5.74, 6) is -0.775. The molecule has 0 saturated heterocycles. The van der Waals surface area contributed by atoms with E-state index >= 15 is 0 Å². The summed E-state index contributed by atoms with van der Waals surface area (Å²) < 4.78 is 33.9. The van der Waals surface area contributed by atoms with Gasteiger partial charge in [0.15, 0.2) is 4.90 Å². The van der Waals surface area contributed by atoms with E-state index in [0.29, 0.717) is 0 Å². The molecule has 0 N–H and O–H groups in total. The van der Waals surface area contributed by atoms with Crippen LogP contribution in [0.15, 0.2) is 70.5 Å². The molecule has 0 aliphatic carbocycles. The van der Waals surface area contributed by atoms with E-state index in [1.807, 2.05) is 58.0 Å². The fraction of sp³-hybridized carbons (Fsp3) is 0.250. The maximum Gasteiger partial charge on any atom is 0.337 e. The van der Waals surface area contributed by atoms with E-state index in [-0.39, 0.29) is 21.4 Å². The Labute approximate surface area is 183 Å². The topological polar surface area (TPSA) is 78.3 Å². The highest BCUT2D eigenvalue weighted by atomic mass is 32.2. The van der Waals surface area contributed by atoms with Crippen molar-refractivity contribution in [2.24, 2.45) is 0 Å². The molecule has 0 amide bonds. The van der Waals surface area contributed by atoms with Crippen LogP contribution in [0.4, 0.5) is 0 Å². The van der Waals surface area contributed by atoms with Crippen LogP contribution < -0.4 is 4.74 Å². The molecule has 6 nitrogen and oxygen atoms in total. The molecule has 3 aromatic rings. The fourth-order valence-electron chi connectivity index (χ4n) is 3.04. The SMILES string of the molecule is Cc1ccc(S(=O)(=O)c2c(C)nn(C(C)(C)C)c2OC(=O)/C=C/c2ccccc2)cc1. The number of ether oxygens (including phenoxy) is 1. The van der Waals surface area contributed by atoms with Crippen LogP contribution in [0.3, 0.4) is 0 Å². The van der Waals surface area contributed by atoms with Gasteiger partial charge in [0, 0.05) is 6.08 Å². The number of aromatic nitrogens is 2. The molecule has 2 aromatic carbocycles. The van der Waals surface area contributed by atoms with E-state index in [4.69, 9.17) is 4.74 Å². The van der Waals surface area contributed by atoms with Crippen molar-refractivity contribution in [1.82, 2.24) is 9.78 Å². The lowest BCUT2D eigenvalue weighted by Gasteiger charge is -2.21. The largest absolute Gasteiger partial charge is 0.403 e. The summed E-state index contributed by atoms with van der Waals surface area (Å²) in [4.78, 5) is 12.6. The van der Waals surface area contributed by atoms with E-state index in [0.717, 1.165) is 11.1 Å². The summed E-state index contributed by atoms with van der Waals surface area (Å²) in [5, 5.41) is 4.40. The average Bonchev–Trinajstić information content (AvgIpc) is 3.04. The number of benzene rings is 2. The maximum atomic E-state index is 13.4. The Bertz CT molecular complexity index is 1220. The monoisotopic (exact) mass is 438 g/mol. The molecule has 3 rings (SSSR count). The van der Waals surface area contributed by atoms with E-state index in [1.54, 1.807) is 37.3 Å². The predicted octanol–water partition coefficient (Wildman–Crippen LogP) is 4.71. The molecule has 1 aromatic heterocycles. The van der Waals surface area contributed by atoms with Crippen molar-refractivity contribution in [3.05, 3.63) is 77.5 Å². The van der Waals surface area contributed by atoms with Gasteiger partial charge < -0.3 is 4.74 Å². The summed E-state index contributed by atoms with van der Waals surface area (Å²) >= 11 is 0. The first-order valence-corrected chi connectivity index (χ1v) is 11.4. The summed E-state index contributed by atoms with van der Waals surface area (Å²) in [6.45, 7) is 9.06. The Hall–Kier alpha value is -3.19. The number of carbonyl (C=O) groups is 1. The zero-order valence-corrected chi connectivity index (χ0v) is 19.1. The number of nitrogens with zero attached hydrogens (tertiary/aromatic N) is 2. The molecule has 0 radical (unpaired) electrons. The van der Waals surface area contributed by atoms with E-state index in [1.165, 1.54) is 10.8 Å².